The highest BCUT2D eigenvalue weighted by Gasteiger charge is 2.58. The first-order valence-corrected chi connectivity index (χ1v) is 13.7. The van der Waals surface area contributed by atoms with E-state index in [-0.39, 0.29) is 11.9 Å². The van der Waals surface area contributed by atoms with Crippen molar-refractivity contribution in [2.24, 2.45) is 5.92 Å². The second kappa shape index (κ2) is 12.3. The number of benzene rings is 3. The van der Waals surface area contributed by atoms with Gasteiger partial charge in [-0.25, -0.2) is 4.79 Å². The van der Waals surface area contributed by atoms with Crippen LogP contribution in [0.4, 0.5) is 4.79 Å². The molecule has 1 N–H and O–H groups in total. The van der Waals surface area contributed by atoms with Crippen LogP contribution in [0.3, 0.4) is 0 Å². The maximum atomic E-state index is 14.3. The number of rotatable bonds is 6. The molecular formula is C32H35N3O5. The smallest absolute Gasteiger partial charge is 0.321 e. The lowest BCUT2D eigenvalue weighted by molar-refractivity contribution is -0.146. The van der Waals surface area contributed by atoms with Crippen LogP contribution in [-0.2, 0) is 25.6 Å². The van der Waals surface area contributed by atoms with Crippen LogP contribution in [0.15, 0.2) is 84.9 Å². The lowest BCUT2D eigenvalue weighted by Gasteiger charge is -2.37. The van der Waals surface area contributed by atoms with Gasteiger partial charge in [-0.1, -0.05) is 90.5 Å². The van der Waals surface area contributed by atoms with Gasteiger partial charge < -0.3 is 24.6 Å². The zero-order chi connectivity index (χ0) is 28.1. The second-order valence-corrected chi connectivity index (χ2v) is 10.3. The van der Waals surface area contributed by atoms with Gasteiger partial charge in [0.25, 0.3) is 0 Å². The van der Waals surface area contributed by atoms with Gasteiger partial charge in [0.2, 0.25) is 5.91 Å². The van der Waals surface area contributed by atoms with Crippen molar-refractivity contribution in [1.29, 1.82) is 0 Å². The van der Waals surface area contributed by atoms with Crippen molar-refractivity contribution < 1.29 is 23.9 Å². The third kappa shape index (κ3) is 5.58. The number of morpholine rings is 1. The van der Waals surface area contributed by atoms with E-state index in [2.05, 4.69) is 5.32 Å². The van der Waals surface area contributed by atoms with Crippen LogP contribution < -0.4 is 5.32 Å². The fourth-order valence-corrected chi connectivity index (χ4v) is 5.85. The standard InChI is InChI=1S/C32H35N3O5/c1-22-13-15-23(16-14-22)21-33-30(36)29-26(24-9-5-3-6-10-24)27(31(37)39-2)28(25-11-7-4-8-12-25)35(29)32(38)34-17-19-40-20-18-34/h3-16,26-29H,17-21H2,1-2H3,(H,33,36). The summed E-state index contributed by atoms with van der Waals surface area (Å²) in [7, 11) is 1.35. The molecule has 8 nitrogen and oxygen atoms in total. The Morgan fingerprint density at radius 3 is 2.08 bits per heavy atom. The van der Waals surface area contributed by atoms with Gasteiger partial charge in [0, 0.05) is 25.6 Å². The highest BCUT2D eigenvalue weighted by Crippen LogP contribution is 2.51. The predicted octanol–water partition coefficient (Wildman–Crippen LogP) is 4.06. The molecule has 2 aliphatic rings. The zero-order valence-electron chi connectivity index (χ0n) is 22.9. The number of carbonyl (C=O) groups is 3. The van der Waals surface area contributed by atoms with Crippen LogP contribution >= 0.6 is 0 Å². The number of nitrogens with one attached hydrogen (secondary N) is 1. The number of aryl methyl sites for hydroxylation is 1. The lowest BCUT2D eigenvalue weighted by Crippen LogP contribution is -2.54. The van der Waals surface area contributed by atoms with E-state index in [1.807, 2.05) is 91.9 Å². The van der Waals surface area contributed by atoms with E-state index in [0.717, 1.165) is 22.3 Å². The van der Waals surface area contributed by atoms with Crippen molar-refractivity contribution in [2.75, 3.05) is 33.4 Å². The number of urea groups is 1. The Morgan fingerprint density at radius 1 is 0.875 bits per heavy atom. The molecule has 5 rings (SSSR count). The summed E-state index contributed by atoms with van der Waals surface area (Å²) in [6.45, 7) is 3.97. The largest absolute Gasteiger partial charge is 0.469 e. The minimum absolute atomic E-state index is 0.292. The van der Waals surface area contributed by atoms with E-state index >= 15 is 0 Å². The van der Waals surface area contributed by atoms with Gasteiger partial charge in [-0.2, -0.15) is 0 Å². The number of ether oxygens (including phenoxy) is 2. The Kier molecular flexibility index (Phi) is 8.45. The minimum atomic E-state index is -0.947. The van der Waals surface area contributed by atoms with E-state index in [9.17, 15) is 14.4 Å². The Morgan fingerprint density at radius 2 is 1.48 bits per heavy atom. The van der Waals surface area contributed by atoms with Crippen LogP contribution in [0.1, 0.15) is 34.2 Å². The summed E-state index contributed by atoms with van der Waals surface area (Å²) < 4.78 is 10.8. The van der Waals surface area contributed by atoms with Gasteiger partial charge >= 0.3 is 12.0 Å². The van der Waals surface area contributed by atoms with E-state index in [0.29, 0.717) is 32.8 Å². The third-order valence-corrected chi connectivity index (χ3v) is 7.82. The van der Waals surface area contributed by atoms with Crippen molar-refractivity contribution in [2.45, 2.75) is 31.5 Å². The molecule has 0 aliphatic carbocycles. The van der Waals surface area contributed by atoms with Crippen molar-refractivity contribution in [3.8, 4) is 0 Å². The van der Waals surface area contributed by atoms with Crippen molar-refractivity contribution in [1.82, 2.24) is 15.1 Å². The molecular weight excluding hydrogens is 506 g/mol. The van der Waals surface area contributed by atoms with Crippen molar-refractivity contribution in [3.63, 3.8) is 0 Å². The first-order valence-electron chi connectivity index (χ1n) is 13.7. The zero-order valence-corrected chi connectivity index (χ0v) is 22.9. The van der Waals surface area contributed by atoms with Crippen LogP contribution in [-0.4, -0.2) is 67.2 Å². The number of carbonyl (C=O) groups excluding carboxylic acids is 3. The molecule has 0 aromatic heterocycles. The van der Waals surface area contributed by atoms with Crippen LogP contribution in [0, 0.1) is 12.8 Å². The molecule has 2 aliphatic heterocycles. The summed E-state index contributed by atoms with van der Waals surface area (Å²) >= 11 is 0. The number of methoxy groups -OCH3 is 1. The molecule has 40 heavy (non-hydrogen) atoms. The molecule has 4 atom stereocenters. The van der Waals surface area contributed by atoms with Gasteiger partial charge in [-0.3, -0.25) is 9.59 Å². The van der Waals surface area contributed by atoms with Crippen LogP contribution in [0.25, 0.3) is 0 Å². The molecule has 8 heteroatoms. The normalized spacial score (nSPS) is 22.6. The highest BCUT2D eigenvalue weighted by atomic mass is 16.5. The minimum Gasteiger partial charge on any atom is -0.469 e. The Hall–Kier alpha value is -4.17. The summed E-state index contributed by atoms with van der Waals surface area (Å²) in [6, 6.07) is 24.9. The number of hydrogen-bond acceptors (Lipinski definition) is 5. The molecule has 3 aromatic carbocycles. The predicted molar refractivity (Wildman–Crippen MR) is 150 cm³/mol. The quantitative estimate of drug-likeness (QED) is 0.476. The number of amides is 3. The molecule has 3 amide bonds. The van der Waals surface area contributed by atoms with E-state index in [1.165, 1.54) is 7.11 Å². The molecule has 2 heterocycles. The Labute approximate surface area is 234 Å². The maximum absolute atomic E-state index is 14.3. The van der Waals surface area contributed by atoms with Crippen molar-refractivity contribution in [3.05, 3.63) is 107 Å². The molecule has 2 fully saturated rings. The third-order valence-electron chi connectivity index (χ3n) is 7.82. The number of hydrogen-bond donors (Lipinski definition) is 1. The molecule has 0 radical (unpaired) electrons. The molecule has 2 saturated heterocycles. The fourth-order valence-electron chi connectivity index (χ4n) is 5.85. The highest BCUT2D eigenvalue weighted by molar-refractivity contribution is 5.92. The average molecular weight is 542 g/mol. The summed E-state index contributed by atoms with van der Waals surface area (Å²) in [6.07, 6.45) is 0. The van der Waals surface area contributed by atoms with Gasteiger partial charge in [0.05, 0.1) is 32.3 Å². The lowest BCUT2D eigenvalue weighted by atomic mass is 9.80. The number of likely N-dealkylation sites (tertiary alicyclic amines) is 1. The van der Waals surface area contributed by atoms with E-state index < -0.39 is 29.9 Å². The second-order valence-electron chi connectivity index (χ2n) is 10.3. The molecule has 208 valence electrons. The van der Waals surface area contributed by atoms with Crippen molar-refractivity contribution >= 4 is 17.9 Å². The first-order chi connectivity index (χ1) is 19.5. The molecule has 0 bridgehead atoms. The summed E-state index contributed by atoms with van der Waals surface area (Å²) in [5, 5.41) is 3.07. The van der Waals surface area contributed by atoms with Gasteiger partial charge in [-0.05, 0) is 23.6 Å². The summed E-state index contributed by atoms with van der Waals surface area (Å²) in [4.78, 5) is 45.4. The monoisotopic (exact) mass is 541 g/mol. The number of esters is 1. The average Bonchev–Trinajstić information content (AvgIpc) is 3.37. The molecule has 0 saturated carbocycles. The fraction of sp³-hybridized carbons (Fsp3) is 0.344. The summed E-state index contributed by atoms with van der Waals surface area (Å²) in [5.41, 5.74) is 3.65. The SMILES string of the molecule is COC(=O)C1C(c2ccccc2)C(C(=O)NCc2ccc(C)cc2)N(C(=O)N2CCOCC2)C1c1ccccc1. The summed E-state index contributed by atoms with van der Waals surface area (Å²) in [5.74, 6) is -2.20. The van der Waals surface area contributed by atoms with Crippen LogP contribution in [0.5, 0.6) is 0 Å². The Bertz CT molecular complexity index is 1310. The Balaban J connectivity index is 1.62. The van der Waals surface area contributed by atoms with Crippen LogP contribution in [0.2, 0.25) is 0 Å². The van der Waals surface area contributed by atoms with Gasteiger partial charge in [0.1, 0.15) is 6.04 Å². The molecule has 0 spiro atoms. The first kappa shape index (κ1) is 27.4. The topological polar surface area (TPSA) is 88.2 Å². The van der Waals surface area contributed by atoms with Gasteiger partial charge in [-0.15, -0.1) is 0 Å². The maximum Gasteiger partial charge on any atom is 0.321 e. The number of nitrogens with zero attached hydrogens (tertiary/aromatic N) is 2. The molecule has 4 unspecified atom stereocenters. The molecule has 3 aromatic rings. The van der Waals surface area contributed by atoms with E-state index in [1.54, 1.807) is 9.80 Å². The van der Waals surface area contributed by atoms with Gasteiger partial charge in [0.15, 0.2) is 0 Å². The van der Waals surface area contributed by atoms with E-state index in [4.69, 9.17) is 9.47 Å².